The van der Waals surface area contributed by atoms with E-state index in [1.165, 1.54) is 6.07 Å². The van der Waals surface area contributed by atoms with Gasteiger partial charge < -0.3 is 9.84 Å². The molecule has 25 heavy (non-hydrogen) atoms. The normalized spacial score (nSPS) is 16.2. The molecule has 0 radical (unpaired) electrons. The van der Waals surface area contributed by atoms with E-state index in [4.69, 9.17) is 4.74 Å². The van der Waals surface area contributed by atoms with Gasteiger partial charge in [-0.3, -0.25) is 19.7 Å². The van der Waals surface area contributed by atoms with Crippen molar-refractivity contribution in [1.29, 1.82) is 0 Å². The van der Waals surface area contributed by atoms with E-state index in [1.807, 2.05) is 23.5 Å². The molecule has 0 unspecified atom stereocenters. The number of hydrogen-bond donors (Lipinski definition) is 2. The zero-order valence-electron chi connectivity index (χ0n) is 13.0. The summed E-state index contributed by atoms with van der Waals surface area (Å²) in [4.78, 5) is 35.8. The van der Waals surface area contributed by atoms with Crippen molar-refractivity contribution in [3.8, 4) is 5.75 Å². The average Bonchev–Trinajstić information content (AvgIpc) is 2.78. The molecule has 2 aromatic carbocycles. The average molecular weight is 335 g/mol. The zero-order chi connectivity index (χ0) is 17.6. The molecule has 124 valence electrons. The number of amides is 2. The predicted molar refractivity (Wildman–Crippen MR) is 87.2 cm³/mol. The maximum Gasteiger partial charge on any atom is 0.298 e. The number of ketones is 1. The molecule has 2 N–H and O–H groups in total. The molecule has 1 aliphatic heterocycles. The molecule has 0 aromatic heterocycles. The number of carbonyl (C=O) groups excluding carboxylic acids is 3. The number of nitrogens with one attached hydrogen (secondary N) is 1. The van der Waals surface area contributed by atoms with E-state index in [1.54, 1.807) is 18.2 Å². The summed E-state index contributed by atoms with van der Waals surface area (Å²) >= 11 is 0. The Bertz CT molecular complexity index is 974. The summed E-state index contributed by atoms with van der Waals surface area (Å²) in [5, 5.41) is 11.5. The van der Waals surface area contributed by atoms with Gasteiger partial charge >= 0.3 is 0 Å². The highest BCUT2D eigenvalue weighted by molar-refractivity contribution is 6.17. The number of hydrogen-bond acceptors (Lipinski definition) is 5. The van der Waals surface area contributed by atoms with Gasteiger partial charge in [0.05, 0.1) is 0 Å². The van der Waals surface area contributed by atoms with E-state index in [9.17, 15) is 19.5 Å². The van der Waals surface area contributed by atoms with Crippen LogP contribution in [0.4, 0.5) is 0 Å². The van der Waals surface area contributed by atoms with E-state index in [2.05, 4.69) is 0 Å². The van der Waals surface area contributed by atoms with Crippen LogP contribution in [-0.4, -0.2) is 22.7 Å². The van der Waals surface area contributed by atoms with Crippen molar-refractivity contribution in [3.63, 3.8) is 0 Å². The molecule has 2 amide bonds. The maximum absolute atomic E-state index is 12.8. The topological polar surface area (TPSA) is 92.7 Å². The highest BCUT2D eigenvalue weighted by atomic mass is 16.5. The van der Waals surface area contributed by atoms with Crippen molar-refractivity contribution in [2.75, 3.05) is 0 Å². The fourth-order valence-corrected chi connectivity index (χ4v) is 3.06. The molecule has 0 spiro atoms. The molecule has 6 heteroatoms. The minimum absolute atomic E-state index is 0.112. The van der Waals surface area contributed by atoms with E-state index in [-0.39, 0.29) is 11.5 Å². The molecule has 0 saturated carbocycles. The van der Waals surface area contributed by atoms with Crippen LogP contribution in [-0.2, 0) is 22.4 Å². The summed E-state index contributed by atoms with van der Waals surface area (Å²) in [6, 6.07) is 12.4. The van der Waals surface area contributed by atoms with Crippen molar-refractivity contribution in [1.82, 2.24) is 5.32 Å². The van der Waals surface area contributed by atoms with Crippen LogP contribution in [0.1, 0.15) is 27.0 Å². The smallest absolute Gasteiger partial charge is 0.298 e. The molecular weight excluding hydrogens is 322 g/mol. The maximum atomic E-state index is 12.8. The van der Waals surface area contributed by atoms with Crippen LogP contribution < -0.4 is 10.1 Å². The second-order valence-corrected chi connectivity index (χ2v) is 5.87. The lowest BCUT2D eigenvalue weighted by Crippen LogP contribution is -2.24. The molecule has 2 aliphatic rings. The number of aryl methyl sites for hydroxylation is 2. The van der Waals surface area contributed by atoms with Gasteiger partial charge in [0.2, 0.25) is 11.5 Å². The number of fused-ring (bicyclic) bond motifs is 2. The van der Waals surface area contributed by atoms with E-state index in [0.717, 1.165) is 17.5 Å². The third kappa shape index (κ3) is 2.48. The summed E-state index contributed by atoms with van der Waals surface area (Å²) in [6.45, 7) is 0. The quantitative estimate of drug-likeness (QED) is 0.817. The van der Waals surface area contributed by atoms with Crippen LogP contribution in [0.15, 0.2) is 54.0 Å². The summed E-state index contributed by atoms with van der Waals surface area (Å²) in [6.07, 6.45) is 1.48. The third-order valence-electron chi connectivity index (χ3n) is 4.33. The molecular formula is C19H13NO5. The molecule has 1 heterocycles. The highest BCUT2D eigenvalue weighted by Crippen LogP contribution is 2.28. The first-order chi connectivity index (χ1) is 12.0. The van der Waals surface area contributed by atoms with Crippen molar-refractivity contribution >= 4 is 17.6 Å². The third-order valence-corrected chi connectivity index (χ3v) is 4.33. The highest BCUT2D eigenvalue weighted by Gasteiger charge is 2.33. The lowest BCUT2D eigenvalue weighted by atomic mass is 9.99. The van der Waals surface area contributed by atoms with Crippen LogP contribution in [0.25, 0.3) is 0 Å². The van der Waals surface area contributed by atoms with Gasteiger partial charge in [-0.05, 0) is 36.1 Å². The Hall–Kier alpha value is -3.41. The molecule has 6 nitrogen and oxygen atoms in total. The lowest BCUT2D eigenvalue weighted by molar-refractivity contribution is -0.125. The van der Waals surface area contributed by atoms with E-state index < -0.39 is 23.3 Å². The van der Waals surface area contributed by atoms with E-state index in [0.29, 0.717) is 17.5 Å². The molecule has 0 saturated heterocycles. The molecule has 0 fully saturated rings. The van der Waals surface area contributed by atoms with Crippen LogP contribution in [0, 0.1) is 0 Å². The lowest BCUT2D eigenvalue weighted by Gasteiger charge is -2.09. The van der Waals surface area contributed by atoms with Gasteiger partial charge in [-0.2, -0.15) is 0 Å². The second-order valence-electron chi connectivity index (χ2n) is 5.87. The Morgan fingerprint density at radius 2 is 1.60 bits per heavy atom. The molecule has 4 rings (SSSR count). The van der Waals surface area contributed by atoms with Gasteiger partial charge in [-0.1, -0.05) is 30.3 Å². The number of ether oxygens (including phenoxy) is 1. The number of benzene rings is 2. The van der Waals surface area contributed by atoms with Gasteiger partial charge in [-0.25, -0.2) is 0 Å². The standard InChI is InChI=1S/C19H13NO5/c21-15-13-4-2-1-3-10(13)5-6-11-7-8-12(9-14(11)15)25-17-16(22)18(23)20-19(17)24/h1-4,7-9H,5-6H2,(H2,20,22,23,24). The number of rotatable bonds is 2. The summed E-state index contributed by atoms with van der Waals surface area (Å²) < 4.78 is 5.36. The number of imide groups is 1. The number of aliphatic hydroxyl groups is 1. The van der Waals surface area contributed by atoms with Crippen LogP contribution in [0.2, 0.25) is 0 Å². The van der Waals surface area contributed by atoms with Gasteiger partial charge in [0.15, 0.2) is 5.78 Å². The first-order valence-corrected chi connectivity index (χ1v) is 7.77. The molecule has 2 aromatic rings. The summed E-state index contributed by atoms with van der Waals surface area (Å²) in [7, 11) is 0. The minimum Gasteiger partial charge on any atom is -0.500 e. The Balaban J connectivity index is 1.73. The van der Waals surface area contributed by atoms with Gasteiger partial charge in [-0.15, -0.1) is 0 Å². The van der Waals surface area contributed by atoms with Crippen molar-refractivity contribution in [3.05, 3.63) is 76.2 Å². The van der Waals surface area contributed by atoms with Crippen LogP contribution in [0.3, 0.4) is 0 Å². The first kappa shape index (κ1) is 15.1. The molecule has 0 atom stereocenters. The van der Waals surface area contributed by atoms with Crippen LogP contribution >= 0.6 is 0 Å². The number of aliphatic hydroxyl groups excluding tert-OH is 1. The van der Waals surface area contributed by atoms with E-state index >= 15 is 0 Å². The fraction of sp³-hybridized carbons (Fsp3) is 0.105. The van der Waals surface area contributed by atoms with Crippen molar-refractivity contribution in [2.24, 2.45) is 0 Å². The van der Waals surface area contributed by atoms with Gasteiger partial charge in [0.25, 0.3) is 11.8 Å². The summed E-state index contributed by atoms with van der Waals surface area (Å²) in [5.74, 6) is -2.85. The van der Waals surface area contributed by atoms with Gasteiger partial charge in [0, 0.05) is 11.1 Å². The predicted octanol–water partition coefficient (Wildman–Crippen LogP) is 1.82. The summed E-state index contributed by atoms with van der Waals surface area (Å²) in [5.41, 5.74) is 3.02. The molecule has 1 aliphatic carbocycles. The van der Waals surface area contributed by atoms with Gasteiger partial charge in [0.1, 0.15) is 5.75 Å². The Morgan fingerprint density at radius 3 is 2.32 bits per heavy atom. The van der Waals surface area contributed by atoms with Crippen LogP contribution in [0.5, 0.6) is 5.75 Å². The fourth-order valence-electron chi connectivity index (χ4n) is 3.06. The molecule has 0 bridgehead atoms. The number of carbonyl (C=O) groups is 3. The Labute approximate surface area is 142 Å². The SMILES string of the molecule is O=C1NC(=O)C(Oc2ccc3c(c2)C(=O)c2ccccc2CC3)=C1O. The monoisotopic (exact) mass is 335 g/mol. The Kier molecular flexibility index (Phi) is 3.39. The van der Waals surface area contributed by atoms with Crippen molar-refractivity contribution < 1.29 is 24.2 Å². The van der Waals surface area contributed by atoms with Crippen molar-refractivity contribution in [2.45, 2.75) is 12.8 Å². The second kappa shape index (κ2) is 5.59. The zero-order valence-corrected chi connectivity index (χ0v) is 13.0. The largest absolute Gasteiger partial charge is 0.500 e. The minimum atomic E-state index is -0.903. The Morgan fingerprint density at radius 1 is 0.880 bits per heavy atom. The first-order valence-electron chi connectivity index (χ1n) is 7.77.